The lowest BCUT2D eigenvalue weighted by Crippen LogP contribution is -2.36. The van der Waals surface area contributed by atoms with Crippen LogP contribution in [0.5, 0.6) is 0 Å². The van der Waals surface area contributed by atoms with Crippen LogP contribution >= 0.6 is 0 Å². The number of sulfonamides is 1. The molecule has 2 rings (SSSR count). The highest BCUT2D eigenvalue weighted by Gasteiger charge is 2.27. The third-order valence-electron chi connectivity index (χ3n) is 3.99. The van der Waals surface area contributed by atoms with Gasteiger partial charge >= 0.3 is 0 Å². The second kappa shape index (κ2) is 8.42. The molecular formula is C16H25N3O3S. The number of piperidine rings is 1. The average Bonchev–Trinajstić information content (AvgIpc) is 2.59. The minimum atomic E-state index is -3.50. The van der Waals surface area contributed by atoms with E-state index in [4.69, 9.17) is 5.73 Å². The SMILES string of the molecule is NCCCC(=O)NCc1ccccc1S(=O)(=O)N1CCCCC1. The van der Waals surface area contributed by atoms with Crippen molar-refractivity contribution < 1.29 is 13.2 Å². The number of benzene rings is 1. The molecule has 0 saturated carbocycles. The van der Waals surface area contributed by atoms with E-state index in [1.165, 1.54) is 0 Å². The zero-order chi connectivity index (χ0) is 16.7. The lowest BCUT2D eigenvalue weighted by molar-refractivity contribution is -0.121. The molecule has 1 aromatic carbocycles. The van der Waals surface area contributed by atoms with E-state index in [0.29, 0.717) is 42.9 Å². The van der Waals surface area contributed by atoms with Crippen molar-refractivity contribution in [3.63, 3.8) is 0 Å². The Bertz CT molecular complexity index is 625. The van der Waals surface area contributed by atoms with Crippen LogP contribution in [0.4, 0.5) is 0 Å². The lowest BCUT2D eigenvalue weighted by Gasteiger charge is -2.26. The van der Waals surface area contributed by atoms with Crippen LogP contribution in [0.15, 0.2) is 29.2 Å². The predicted molar refractivity (Wildman–Crippen MR) is 89.2 cm³/mol. The second-order valence-electron chi connectivity index (χ2n) is 5.74. The highest BCUT2D eigenvalue weighted by atomic mass is 32.2. The number of hydrogen-bond donors (Lipinski definition) is 2. The molecule has 0 atom stereocenters. The highest BCUT2D eigenvalue weighted by molar-refractivity contribution is 7.89. The van der Waals surface area contributed by atoms with Gasteiger partial charge in [-0.3, -0.25) is 4.79 Å². The second-order valence-corrected chi connectivity index (χ2v) is 7.65. The molecule has 0 spiro atoms. The van der Waals surface area contributed by atoms with Gasteiger partial charge in [-0.1, -0.05) is 24.6 Å². The summed E-state index contributed by atoms with van der Waals surface area (Å²) in [5, 5.41) is 2.77. The van der Waals surface area contributed by atoms with Gasteiger partial charge in [0.2, 0.25) is 15.9 Å². The third kappa shape index (κ3) is 4.76. The summed E-state index contributed by atoms with van der Waals surface area (Å²) in [4.78, 5) is 12.0. The molecular weight excluding hydrogens is 314 g/mol. The Kier molecular flexibility index (Phi) is 6.56. The van der Waals surface area contributed by atoms with Crippen LogP contribution in [0.3, 0.4) is 0 Å². The molecule has 1 amide bonds. The van der Waals surface area contributed by atoms with Crippen molar-refractivity contribution in [2.45, 2.75) is 43.5 Å². The summed E-state index contributed by atoms with van der Waals surface area (Å²) in [6, 6.07) is 6.87. The molecule has 0 unspecified atom stereocenters. The van der Waals surface area contributed by atoms with Crippen molar-refractivity contribution >= 4 is 15.9 Å². The normalized spacial score (nSPS) is 16.2. The summed E-state index contributed by atoms with van der Waals surface area (Å²) in [5.74, 6) is -0.111. The van der Waals surface area contributed by atoms with E-state index >= 15 is 0 Å². The molecule has 3 N–H and O–H groups in total. The van der Waals surface area contributed by atoms with Crippen molar-refractivity contribution in [2.75, 3.05) is 19.6 Å². The Hall–Kier alpha value is -1.44. The van der Waals surface area contributed by atoms with E-state index < -0.39 is 10.0 Å². The van der Waals surface area contributed by atoms with Gasteiger partial charge in [-0.2, -0.15) is 4.31 Å². The zero-order valence-electron chi connectivity index (χ0n) is 13.3. The lowest BCUT2D eigenvalue weighted by atomic mass is 10.2. The van der Waals surface area contributed by atoms with Crippen LogP contribution in [-0.4, -0.2) is 38.3 Å². The number of nitrogens with one attached hydrogen (secondary N) is 1. The van der Waals surface area contributed by atoms with Crippen LogP contribution in [0, 0.1) is 0 Å². The molecule has 6 nitrogen and oxygen atoms in total. The fourth-order valence-electron chi connectivity index (χ4n) is 2.69. The maximum Gasteiger partial charge on any atom is 0.243 e. The fourth-order valence-corrected chi connectivity index (χ4v) is 4.43. The van der Waals surface area contributed by atoms with Gasteiger partial charge in [-0.15, -0.1) is 0 Å². The van der Waals surface area contributed by atoms with Crippen molar-refractivity contribution in [3.8, 4) is 0 Å². The number of carbonyl (C=O) groups is 1. The Labute approximate surface area is 138 Å². The zero-order valence-corrected chi connectivity index (χ0v) is 14.1. The maximum atomic E-state index is 12.8. The summed E-state index contributed by atoms with van der Waals surface area (Å²) < 4.78 is 27.2. The van der Waals surface area contributed by atoms with Gasteiger partial charge in [0, 0.05) is 26.1 Å². The quantitative estimate of drug-likeness (QED) is 0.781. The summed E-state index contributed by atoms with van der Waals surface area (Å²) in [6.07, 6.45) is 3.86. The number of nitrogens with zero attached hydrogens (tertiary/aromatic N) is 1. The fraction of sp³-hybridized carbons (Fsp3) is 0.562. The average molecular weight is 339 g/mol. The van der Waals surface area contributed by atoms with E-state index in [1.54, 1.807) is 28.6 Å². The molecule has 0 bridgehead atoms. The molecule has 1 heterocycles. The molecule has 0 radical (unpaired) electrons. The first-order valence-corrected chi connectivity index (χ1v) is 9.54. The van der Waals surface area contributed by atoms with Crippen molar-refractivity contribution in [3.05, 3.63) is 29.8 Å². The Morgan fingerprint density at radius 1 is 1.17 bits per heavy atom. The van der Waals surface area contributed by atoms with Crippen LogP contribution < -0.4 is 11.1 Å². The number of carbonyl (C=O) groups excluding carboxylic acids is 1. The van der Waals surface area contributed by atoms with Crippen molar-refractivity contribution in [1.82, 2.24) is 9.62 Å². The first kappa shape index (κ1) is 17.9. The van der Waals surface area contributed by atoms with Gasteiger partial charge in [0.25, 0.3) is 0 Å². The molecule has 1 fully saturated rings. The Morgan fingerprint density at radius 2 is 1.87 bits per heavy atom. The van der Waals surface area contributed by atoms with Gasteiger partial charge in [-0.05, 0) is 37.4 Å². The van der Waals surface area contributed by atoms with Crippen LogP contribution in [0.25, 0.3) is 0 Å². The van der Waals surface area contributed by atoms with Gasteiger partial charge in [-0.25, -0.2) is 8.42 Å². The van der Waals surface area contributed by atoms with E-state index in [0.717, 1.165) is 19.3 Å². The van der Waals surface area contributed by atoms with Crippen LogP contribution in [0.1, 0.15) is 37.7 Å². The third-order valence-corrected chi connectivity index (χ3v) is 5.99. The number of amides is 1. The highest BCUT2D eigenvalue weighted by Crippen LogP contribution is 2.23. The predicted octanol–water partition coefficient (Wildman–Crippen LogP) is 1.22. The largest absolute Gasteiger partial charge is 0.352 e. The standard InChI is InChI=1S/C16H25N3O3S/c17-10-6-9-16(20)18-13-14-7-2-3-8-15(14)23(21,22)19-11-4-1-5-12-19/h2-3,7-8H,1,4-6,9-13,17H2,(H,18,20). The maximum absolute atomic E-state index is 12.8. The van der Waals surface area contributed by atoms with Gasteiger partial charge < -0.3 is 11.1 Å². The number of nitrogens with two attached hydrogens (primary N) is 1. The molecule has 1 aliphatic heterocycles. The summed E-state index contributed by atoms with van der Waals surface area (Å²) in [7, 11) is -3.50. The van der Waals surface area contributed by atoms with E-state index in [9.17, 15) is 13.2 Å². The first-order chi connectivity index (χ1) is 11.1. The monoisotopic (exact) mass is 339 g/mol. The molecule has 1 aliphatic rings. The van der Waals surface area contributed by atoms with Crippen molar-refractivity contribution in [2.24, 2.45) is 5.73 Å². The van der Waals surface area contributed by atoms with Crippen molar-refractivity contribution in [1.29, 1.82) is 0 Å². The molecule has 0 aromatic heterocycles. The molecule has 1 saturated heterocycles. The summed E-state index contributed by atoms with van der Waals surface area (Å²) >= 11 is 0. The van der Waals surface area contributed by atoms with Gasteiger partial charge in [0.05, 0.1) is 4.90 Å². The molecule has 1 aromatic rings. The van der Waals surface area contributed by atoms with Crippen LogP contribution in [0.2, 0.25) is 0 Å². The smallest absolute Gasteiger partial charge is 0.243 e. The van der Waals surface area contributed by atoms with E-state index in [2.05, 4.69) is 5.32 Å². The Morgan fingerprint density at radius 3 is 2.57 bits per heavy atom. The van der Waals surface area contributed by atoms with Gasteiger partial charge in [0.1, 0.15) is 0 Å². The number of hydrogen-bond acceptors (Lipinski definition) is 4. The summed E-state index contributed by atoms with van der Waals surface area (Å²) in [5.41, 5.74) is 6.01. The van der Waals surface area contributed by atoms with Gasteiger partial charge in [0.15, 0.2) is 0 Å². The minimum Gasteiger partial charge on any atom is -0.352 e. The van der Waals surface area contributed by atoms with E-state index in [-0.39, 0.29) is 12.5 Å². The van der Waals surface area contributed by atoms with E-state index in [1.807, 2.05) is 0 Å². The molecule has 128 valence electrons. The first-order valence-electron chi connectivity index (χ1n) is 8.10. The summed E-state index contributed by atoms with van der Waals surface area (Å²) in [6.45, 7) is 1.82. The minimum absolute atomic E-state index is 0.111. The number of rotatable bonds is 7. The van der Waals surface area contributed by atoms with Crippen LogP contribution in [-0.2, 0) is 21.4 Å². The topological polar surface area (TPSA) is 92.5 Å². The Balaban J connectivity index is 2.12. The molecule has 0 aliphatic carbocycles. The molecule has 7 heteroatoms. The molecule has 23 heavy (non-hydrogen) atoms.